The van der Waals surface area contributed by atoms with Crippen molar-refractivity contribution < 1.29 is 13.9 Å². The Hall–Kier alpha value is -2.02. The summed E-state index contributed by atoms with van der Waals surface area (Å²) < 4.78 is 11.3. The second kappa shape index (κ2) is 8.78. The van der Waals surface area contributed by atoms with Crippen LogP contribution in [0.25, 0.3) is 0 Å². The van der Waals surface area contributed by atoms with E-state index in [0.29, 0.717) is 29.0 Å². The highest BCUT2D eigenvalue weighted by molar-refractivity contribution is 7.99. The van der Waals surface area contributed by atoms with E-state index in [0.717, 1.165) is 29.7 Å². The lowest BCUT2D eigenvalue weighted by atomic mass is 9.98. The van der Waals surface area contributed by atoms with Gasteiger partial charge in [-0.05, 0) is 70.2 Å². The number of hydrogen-bond acceptors (Lipinski definition) is 6. The molecule has 3 rings (SSSR count). The molecule has 1 fully saturated rings. The number of ether oxygens (including phenoxy) is 1. The first-order valence-corrected chi connectivity index (χ1v) is 10.4. The van der Waals surface area contributed by atoms with Gasteiger partial charge < -0.3 is 14.1 Å². The molecule has 0 unspecified atom stereocenters. The van der Waals surface area contributed by atoms with Gasteiger partial charge in [-0.15, -0.1) is 10.2 Å². The summed E-state index contributed by atoms with van der Waals surface area (Å²) in [5.41, 5.74) is 2.29. The fourth-order valence-corrected chi connectivity index (χ4v) is 4.28. The van der Waals surface area contributed by atoms with E-state index < -0.39 is 0 Å². The fourth-order valence-electron chi connectivity index (χ4n) is 3.63. The number of aromatic nitrogens is 2. The van der Waals surface area contributed by atoms with Crippen LogP contribution in [0.3, 0.4) is 0 Å². The normalized spacial score (nSPS) is 19.9. The summed E-state index contributed by atoms with van der Waals surface area (Å²) in [7, 11) is 0. The van der Waals surface area contributed by atoms with Gasteiger partial charge in [0.1, 0.15) is 5.75 Å². The number of carbonyl (C=O) groups excluding carboxylic acids is 1. The maximum Gasteiger partial charge on any atom is 0.277 e. The van der Waals surface area contributed by atoms with Crippen LogP contribution in [-0.2, 0) is 11.4 Å². The molecule has 27 heavy (non-hydrogen) atoms. The molecule has 146 valence electrons. The lowest BCUT2D eigenvalue weighted by molar-refractivity contribution is -0.134. The highest BCUT2D eigenvalue weighted by Gasteiger charge is 2.29. The Bertz CT molecular complexity index is 762. The number of carbonyl (C=O) groups is 1. The number of thioether (sulfide) groups is 1. The van der Waals surface area contributed by atoms with Gasteiger partial charge in [0.25, 0.3) is 11.1 Å². The molecule has 1 aromatic heterocycles. The Morgan fingerprint density at radius 2 is 1.85 bits per heavy atom. The van der Waals surface area contributed by atoms with E-state index in [-0.39, 0.29) is 12.5 Å². The number of amides is 1. The molecule has 1 aromatic carbocycles. The van der Waals surface area contributed by atoms with Crippen LogP contribution in [0.2, 0.25) is 0 Å². The molecule has 0 spiro atoms. The molecule has 2 atom stereocenters. The van der Waals surface area contributed by atoms with Crippen LogP contribution in [0.1, 0.15) is 50.1 Å². The van der Waals surface area contributed by atoms with Crippen molar-refractivity contribution in [3.8, 4) is 5.75 Å². The van der Waals surface area contributed by atoms with Crippen LogP contribution in [0.5, 0.6) is 5.75 Å². The van der Waals surface area contributed by atoms with Crippen molar-refractivity contribution in [2.24, 2.45) is 0 Å². The van der Waals surface area contributed by atoms with E-state index >= 15 is 0 Å². The van der Waals surface area contributed by atoms with Gasteiger partial charge in [-0.2, -0.15) is 0 Å². The minimum atomic E-state index is 0.130. The molecule has 1 saturated heterocycles. The molecular weight excluding hydrogens is 362 g/mol. The average molecular weight is 390 g/mol. The summed E-state index contributed by atoms with van der Waals surface area (Å²) in [5, 5.41) is 8.43. The highest BCUT2D eigenvalue weighted by Crippen LogP contribution is 2.25. The van der Waals surface area contributed by atoms with Crippen LogP contribution >= 0.6 is 11.8 Å². The maximum absolute atomic E-state index is 12.6. The molecule has 1 amide bonds. The third-order valence-corrected chi connectivity index (χ3v) is 5.61. The summed E-state index contributed by atoms with van der Waals surface area (Å²) >= 11 is 1.29. The van der Waals surface area contributed by atoms with Gasteiger partial charge in [-0.3, -0.25) is 4.79 Å². The molecular formula is C20H27N3O3S. The van der Waals surface area contributed by atoms with Gasteiger partial charge in [-0.25, -0.2) is 0 Å². The molecule has 0 saturated carbocycles. The molecule has 7 heteroatoms. The summed E-state index contributed by atoms with van der Waals surface area (Å²) in [5.74, 6) is 1.63. The van der Waals surface area contributed by atoms with E-state index in [1.807, 2.05) is 30.9 Å². The number of aryl methyl sites for hydroxylation is 2. The quantitative estimate of drug-likeness (QED) is 0.692. The molecule has 6 nitrogen and oxygen atoms in total. The maximum atomic E-state index is 12.6. The average Bonchev–Trinajstić information content (AvgIpc) is 3.05. The zero-order valence-electron chi connectivity index (χ0n) is 16.4. The van der Waals surface area contributed by atoms with Crippen LogP contribution in [0.15, 0.2) is 27.8 Å². The summed E-state index contributed by atoms with van der Waals surface area (Å²) in [6.45, 7) is 8.51. The summed E-state index contributed by atoms with van der Waals surface area (Å²) in [6.07, 6.45) is 3.33. The Morgan fingerprint density at radius 3 is 2.52 bits per heavy atom. The van der Waals surface area contributed by atoms with Crippen LogP contribution in [-0.4, -0.2) is 38.8 Å². The van der Waals surface area contributed by atoms with Gasteiger partial charge in [-0.1, -0.05) is 17.8 Å². The molecule has 0 radical (unpaired) electrons. The van der Waals surface area contributed by atoms with Gasteiger partial charge in [0.2, 0.25) is 5.91 Å². The first-order chi connectivity index (χ1) is 12.9. The highest BCUT2D eigenvalue weighted by atomic mass is 32.2. The smallest absolute Gasteiger partial charge is 0.277 e. The van der Waals surface area contributed by atoms with Crippen molar-refractivity contribution in [2.75, 3.05) is 5.75 Å². The minimum absolute atomic E-state index is 0.130. The van der Waals surface area contributed by atoms with Crippen molar-refractivity contribution in [1.82, 2.24) is 15.1 Å². The third-order valence-electron chi connectivity index (χ3n) is 4.81. The van der Waals surface area contributed by atoms with Crippen molar-refractivity contribution >= 4 is 17.7 Å². The van der Waals surface area contributed by atoms with Crippen molar-refractivity contribution in [1.29, 1.82) is 0 Å². The zero-order valence-corrected chi connectivity index (χ0v) is 17.2. The van der Waals surface area contributed by atoms with E-state index in [1.165, 1.54) is 18.2 Å². The molecule has 1 aliphatic heterocycles. The third kappa shape index (κ3) is 5.25. The minimum Gasteiger partial charge on any atom is -0.484 e. The Morgan fingerprint density at radius 1 is 1.19 bits per heavy atom. The Balaban J connectivity index is 1.51. The van der Waals surface area contributed by atoms with Gasteiger partial charge in [0, 0.05) is 12.1 Å². The van der Waals surface area contributed by atoms with E-state index in [4.69, 9.17) is 9.15 Å². The number of nitrogens with zero attached hydrogens (tertiary/aromatic N) is 3. The zero-order chi connectivity index (χ0) is 19.4. The molecule has 0 aliphatic carbocycles. The van der Waals surface area contributed by atoms with Crippen LogP contribution in [0.4, 0.5) is 0 Å². The largest absolute Gasteiger partial charge is 0.484 e. The molecule has 2 aromatic rings. The van der Waals surface area contributed by atoms with Crippen LogP contribution < -0.4 is 4.74 Å². The van der Waals surface area contributed by atoms with Gasteiger partial charge in [0.05, 0.1) is 5.75 Å². The number of benzene rings is 1. The van der Waals surface area contributed by atoms with Gasteiger partial charge in [0.15, 0.2) is 6.61 Å². The number of hydrogen-bond donors (Lipinski definition) is 0. The first-order valence-electron chi connectivity index (χ1n) is 9.40. The van der Waals surface area contributed by atoms with E-state index in [2.05, 4.69) is 30.1 Å². The number of rotatable bonds is 6. The first kappa shape index (κ1) is 19.7. The van der Waals surface area contributed by atoms with Crippen LogP contribution in [0, 0.1) is 13.8 Å². The lowest BCUT2D eigenvalue weighted by Gasteiger charge is -2.39. The van der Waals surface area contributed by atoms with E-state index in [9.17, 15) is 4.79 Å². The molecule has 2 heterocycles. The number of likely N-dealkylation sites (tertiary alicyclic amines) is 1. The predicted molar refractivity (Wildman–Crippen MR) is 105 cm³/mol. The Kier molecular flexibility index (Phi) is 6.42. The van der Waals surface area contributed by atoms with E-state index in [1.54, 1.807) is 0 Å². The molecule has 1 aliphatic rings. The standard InChI is InChI=1S/C20H27N3O3S/c1-13-8-14(2)10-17(9-13)25-11-18-21-22-20(26-18)27-12-19(24)23-15(3)6-5-7-16(23)4/h8-10,15-16H,5-7,11-12H2,1-4H3/t15-,16-/m0/s1. The lowest BCUT2D eigenvalue weighted by Crippen LogP contribution is -2.48. The van der Waals surface area contributed by atoms with Crippen molar-refractivity contribution in [2.45, 2.75) is 70.9 Å². The monoisotopic (exact) mass is 389 g/mol. The summed E-state index contributed by atoms with van der Waals surface area (Å²) in [6, 6.07) is 6.63. The second-order valence-electron chi connectivity index (χ2n) is 7.29. The predicted octanol–water partition coefficient (Wildman–Crippen LogP) is 4.15. The summed E-state index contributed by atoms with van der Waals surface area (Å²) in [4.78, 5) is 14.6. The number of piperidine rings is 1. The fraction of sp³-hybridized carbons (Fsp3) is 0.550. The van der Waals surface area contributed by atoms with Crippen molar-refractivity contribution in [3.63, 3.8) is 0 Å². The second-order valence-corrected chi connectivity index (χ2v) is 8.22. The molecule has 0 N–H and O–H groups in total. The van der Waals surface area contributed by atoms with Crippen molar-refractivity contribution in [3.05, 3.63) is 35.2 Å². The Labute approximate surface area is 164 Å². The van der Waals surface area contributed by atoms with Gasteiger partial charge >= 0.3 is 0 Å². The SMILES string of the molecule is Cc1cc(C)cc(OCc2nnc(SCC(=O)N3[C@@H](C)CCC[C@@H]3C)o2)c1. The topological polar surface area (TPSA) is 68.5 Å². The molecule has 0 bridgehead atoms.